The highest BCUT2D eigenvalue weighted by atomic mass is 32.2. The van der Waals surface area contributed by atoms with Crippen molar-refractivity contribution < 1.29 is 4.74 Å². The van der Waals surface area contributed by atoms with Crippen molar-refractivity contribution in [2.24, 2.45) is 0 Å². The number of rotatable bonds is 5. The molecule has 0 spiro atoms. The lowest BCUT2D eigenvalue weighted by atomic mass is 10.1. The molecule has 1 saturated carbocycles. The van der Waals surface area contributed by atoms with Gasteiger partial charge in [-0.2, -0.15) is 11.8 Å². The Morgan fingerprint density at radius 3 is 2.86 bits per heavy atom. The fraction of sp³-hybridized carbons (Fsp3) is 0.714. The van der Waals surface area contributed by atoms with Gasteiger partial charge in [0.25, 0.3) is 0 Å². The van der Waals surface area contributed by atoms with E-state index in [1.54, 1.807) is 10.4 Å². The van der Waals surface area contributed by atoms with Gasteiger partial charge in [0.2, 0.25) is 0 Å². The summed E-state index contributed by atoms with van der Waals surface area (Å²) in [7, 11) is 2.28. The molecule has 152 valence electrons. The third kappa shape index (κ3) is 3.44. The first-order chi connectivity index (χ1) is 13.7. The van der Waals surface area contributed by atoms with E-state index in [1.807, 2.05) is 23.1 Å². The van der Waals surface area contributed by atoms with E-state index in [1.165, 1.54) is 54.6 Å². The molecule has 1 aliphatic heterocycles. The second-order valence-electron chi connectivity index (χ2n) is 8.27. The lowest BCUT2D eigenvalue weighted by Crippen LogP contribution is -2.38. The van der Waals surface area contributed by atoms with Crippen molar-refractivity contribution in [1.29, 1.82) is 0 Å². The summed E-state index contributed by atoms with van der Waals surface area (Å²) in [6, 6.07) is 0.585. The van der Waals surface area contributed by atoms with Crippen molar-refractivity contribution in [3.05, 3.63) is 16.3 Å². The van der Waals surface area contributed by atoms with Gasteiger partial charge >= 0.3 is 0 Å². The van der Waals surface area contributed by atoms with Crippen LogP contribution in [0.1, 0.15) is 41.9 Å². The van der Waals surface area contributed by atoms with Gasteiger partial charge in [-0.1, -0.05) is 6.42 Å². The summed E-state index contributed by atoms with van der Waals surface area (Å²) in [5, 5.41) is 2.07. The Kier molecular flexibility index (Phi) is 5.52. The maximum atomic E-state index is 5.51. The van der Waals surface area contributed by atoms with E-state index < -0.39 is 0 Å². The van der Waals surface area contributed by atoms with Crippen LogP contribution in [0.25, 0.3) is 10.2 Å². The SMILES string of the molecule is CS[C@@H]1CCC[C@@H]1N(C)c1nc(CN2CCOCC2)nc2sc3c(c12)CCC3. The summed E-state index contributed by atoms with van der Waals surface area (Å²) in [5.74, 6) is 2.17. The number of hydrogen-bond donors (Lipinski definition) is 0. The Bertz CT molecular complexity index is 849. The second-order valence-corrected chi connectivity index (χ2v) is 10.4. The minimum absolute atomic E-state index is 0.585. The van der Waals surface area contributed by atoms with Crippen molar-refractivity contribution in [2.75, 3.05) is 44.5 Å². The number of thioether (sulfide) groups is 1. The van der Waals surface area contributed by atoms with Gasteiger partial charge in [0.05, 0.1) is 25.1 Å². The molecule has 0 amide bonds. The van der Waals surface area contributed by atoms with Crippen molar-refractivity contribution in [1.82, 2.24) is 14.9 Å². The average molecular weight is 419 g/mol. The molecule has 0 N–H and O–H groups in total. The first kappa shape index (κ1) is 19.1. The summed E-state index contributed by atoms with van der Waals surface area (Å²) in [5.41, 5.74) is 1.54. The first-order valence-electron chi connectivity index (χ1n) is 10.6. The molecule has 2 aromatic heterocycles. The largest absolute Gasteiger partial charge is 0.379 e. The Morgan fingerprint density at radius 1 is 1.18 bits per heavy atom. The van der Waals surface area contributed by atoms with E-state index in [4.69, 9.17) is 14.7 Å². The molecule has 0 unspecified atom stereocenters. The minimum Gasteiger partial charge on any atom is -0.379 e. The summed E-state index contributed by atoms with van der Waals surface area (Å²) in [4.78, 5) is 17.9. The number of aromatic nitrogens is 2. The van der Waals surface area contributed by atoms with Crippen LogP contribution < -0.4 is 4.90 Å². The lowest BCUT2D eigenvalue weighted by Gasteiger charge is -2.31. The third-order valence-corrected chi connectivity index (χ3v) is 8.95. The van der Waals surface area contributed by atoms with E-state index in [-0.39, 0.29) is 0 Å². The van der Waals surface area contributed by atoms with Gasteiger partial charge in [-0.05, 0) is 43.9 Å². The molecule has 3 aliphatic rings. The Labute approximate surface area is 175 Å². The van der Waals surface area contributed by atoms with E-state index in [9.17, 15) is 0 Å². The van der Waals surface area contributed by atoms with Crippen LogP contribution in [0.3, 0.4) is 0 Å². The van der Waals surface area contributed by atoms with Crippen molar-refractivity contribution in [2.45, 2.75) is 56.4 Å². The molecule has 28 heavy (non-hydrogen) atoms. The number of hydrogen-bond acceptors (Lipinski definition) is 7. The molecule has 3 heterocycles. The molecule has 7 heteroatoms. The van der Waals surface area contributed by atoms with E-state index in [0.717, 1.165) is 38.7 Å². The van der Waals surface area contributed by atoms with Crippen LogP contribution in [0.5, 0.6) is 0 Å². The predicted molar refractivity (Wildman–Crippen MR) is 119 cm³/mol. The number of aryl methyl sites for hydroxylation is 2. The smallest absolute Gasteiger partial charge is 0.146 e. The van der Waals surface area contributed by atoms with Crippen LogP contribution in [0.15, 0.2) is 0 Å². The normalized spacial score (nSPS) is 25.5. The number of nitrogens with zero attached hydrogens (tertiary/aromatic N) is 4. The Balaban J connectivity index is 1.54. The van der Waals surface area contributed by atoms with Gasteiger partial charge in [-0.3, -0.25) is 4.90 Å². The molecule has 2 atom stereocenters. The van der Waals surface area contributed by atoms with E-state index in [0.29, 0.717) is 11.3 Å². The maximum Gasteiger partial charge on any atom is 0.146 e. The quantitative estimate of drug-likeness (QED) is 0.737. The summed E-state index contributed by atoms with van der Waals surface area (Å²) in [6.45, 7) is 4.42. The summed E-state index contributed by atoms with van der Waals surface area (Å²) >= 11 is 3.94. The lowest BCUT2D eigenvalue weighted by molar-refractivity contribution is 0.0331. The highest BCUT2D eigenvalue weighted by molar-refractivity contribution is 7.99. The van der Waals surface area contributed by atoms with Gasteiger partial charge in [0.1, 0.15) is 16.5 Å². The van der Waals surface area contributed by atoms with Crippen LogP contribution >= 0.6 is 23.1 Å². The second kappa shape index (κ2) is 8.09. The Morgan fingerprint density at radius 2 is 2.04 bits per heavy atom. The van der Waals surface area contributed by atoms with Gasteiger partial charge in [0, 0.05) is 36.3 Å². The fourth-order valence-corrected chi connectivity index (χ4v) is 7.40. The summed E-state index contributed by atoms with van der Waals surface area (Å²) in [6.07, 6.45) is 9.89. The zero-order valence-electron chi connectivity index (χ0n) is 16.9. The van der Waals surface area contributed by atoms with Gasteiger partial charge in [-0.15, -0.1) is 11.3 Å². The topological polar surface area (TPSA) is 41.5 Å². The number of morpholine rings is 1. The molecule has 0 aromatic carbocycles. The zero-order chi connectivity index (χ0) is 19.1. The molecule has 1 saturated heterocycles. The molecule has 0 bridgehead atoms. The van der Waals surface area contributed by atoms with E-state index >= 15 is 0 Å². The monoisotopic (exact) mass is 418 g/mol. The van der Waals surface area contributed by atoms with Crippen LogP contribution in [0.2, 0.25) is 0 Å². The molecule has 2 aromatic rings. The molecule has 2 aliphatic carbocycles. The minimum atomic E-state index is 0.585. The third-order valence-electron chi connectivity index (χ3n) is 6.61. The number of thiophene rings is 1. The first-order valence-corrected chi connectivity index (χ1v) is 12.7. The zero-order valence-corrected chi connectivity index (χ0v) is 18.6. The fourth-order valence-electron chi connectivity index (χ4n) is 5.09. The van der Waals surface area contributed by atoms with Crippen LogP contribution in [-0.4, -0.2) is 65.8 Å². The molecule has 5 nitrogen and oxygen atoms in total. The van der Waals surface area contributed by atoms with Crippen molar-refractivity contribution in [3.63, 3.8) is 0 Å². The molecule has 5 rings (SSSR count). The average Bonchev–Trinajstić information content (AvgIpc) is 3.43. The highest BCUT2D eigenvalue weighted by Gasteiger charge is 2.33. The van der Waals surface area contributed by atoms with Crippen molar-refractivity contribution in [3.8, 4) is 0 Å². The van der Waals surface area contributed by atoms with Crippen LogP contribution in [-0.2, 0) is 24.1 Å². The molecule has 2 fully saturated rings. The number of fused-ring (bicyclic) bond motifs is 3. The number of ether oxygens (including phenoxy) is 1. The Hall–Kier alpha value is -0.890. The van der Waals surface area contributed by atoms with Crippen molar-refractivity contribution >= 4 is 39.1 Å². The summed E-state index contributed by atoms with van der Waals surface area (Å²) < 4.78 is 5.51. The molecule has 0 radical (unpaired) electrons. The van der Waals surface area contributed by atoms with E-state index in [2.05, 4.69) is 23.1 Å². The van der Waals surface area contributed by atoms with Gasteiger partial charge in [0.15, 0.2) is 0 Å². The molecular weight excluding hydrogens is 388 g/mol. The van der Waals surface area contributed by atoms with Crippen LogP contribution in [0.4, 0.5) is 5.82 Å². The predicted octanol–water partition coefficient (Wildman–Crippen LogP) is 3.73. The maximum absolute atomic E-state index is 5.51. The number of anilines is 1. The highest BCUT2D eigenvalue weighted by Crippen LogP contribution is 2.42. The van der Waals surface area contributed by atoms with Gasteiger partial charge in [-0.25, -0.2) is 9.97 Å². The van der Waals surface area contributed by atoms with Crippen LogP contribution in [0, 0.1) is 0 Å². The standard InChI is InChI=1S/C21H30N4OS2/c1-24(15-6-4-8-17(15)27-2)20-19-14-5-3-7-16(14)28-21(19)23-18(22-20)13-25-9-11-26-12-10-25/h15,17H,3-13H2,1-2H3/t15-,17+/m0/s1. The van der Waals surface area contributed by atoms with Gasteiger partial charge < -0.3 is 9.64 Å². The molecular formula is C21H30N4OS2.